The van der Waals surface area contributed by atoms with Crippen molar-refractivity contribution in [3.8, 4) is 5.75 Å². The van der Waals surface area contributed by atoms with Gasteiger partial charge in [0.15, 0.2) is 6.61 Å². The number of rotatable bonds is 5. The molecule has 1 aromatic carbocycles. The van der Waals surface area contributed by atoms with Gasteiger partial charge in [-0.1, -0.05) is 0 Å². The summed E-state index contributed by atoms with van der Waals surface area (Å²) in [4.78, 5) is 11.4. The molecule has 0 radical (unpaired) electrons. The zero-order chi connectivity index (χ0) is 14.6. The second-order valence-corrected chi connectivity index (χ2v) is 6.94. The molecule has 1 rings (SSSR count). The Morgan fingerprint density at radius 3 is 2.53 bits per heavy atom. The van der Waals surface area contributed by atoms with Gasteiger partial charge in [0.25, 0.3) is 15.0 Å². The van der Waals surface area contributed by atoms with Crippen molar-refractivity contribution in [2.75, 3.05) is 6.61 Å². The van der Waals surface area contributed by atoms with Crippen LogP contribution in [-0.2, 0) is 13.8 Å². The largest absolute Gasteiger partial charge is 0.484 e. The van der Waals surface area contributed by atoms with Crippen LogP contribution in [0.1, 0.15) is 19.4 Å². The smallest absolute Gasteiger partial charge is 0.261 e. The van der Waals surface area contributed by atoms with Gasteiger partial charge in [-0.05, 0) is 44.5 Å². The number of carbonyl (C=O) groups excluding carboxylic acids is 1. The highest BCUT2D eigenvalue weighted by molar-refractivity contribution is 8.13. The fourth-order valence-corrected chi connectivity index (χ4v) is 2.28. The summed E-state index contributed by atoms with van der Waals surface area (Å²) in [7, 11) is 1.48. The average Bonchev–Trinajstić information content (AvgIpc) is 2.25. The zero-order valence-electron chi connectivity index (χ0n) is 10.9. The molecule has 0 saturated carbocycles. The van der Waals surface area contributed by atoms with E-state index in [1.165, 1.54) is 18.2 Å². The number of halogens is 1. The number of hydrogen-bond acceptors (Lipinski definition) is 4. The summed E-state index contributed by atoms with van der Waals surface area (Å²) in [6.45, 7) is 5.26. The highest BCUT2D eigenvalue weighted by atomic mass is 35.7. The Labute approximate surface area is 117 Å². The minimum atomic E-state index is -3.75. The maximum atomic E-state index is 11.4. The van der Waals surface area contributed by atoms with E-state index < -0.39 is 9.05 Å². The first-order chi connectivity index (χ1) is 8.70. The molecular weight excluding hydrogens is 290 g/mol. The van der Waals surface area contributed by atoms with Crippen LogP contribution in [0.25, 0.3) is 0 Å². The van der Waals surface area contributed by atoms with Gasteiger partial charge in [-0.15, -0.1) is 0 Å². The van der Waals surface area contributed by atoms with E-state index in [1.807, 2.05) is 13.8 Å². The molecule has 19 heavy (non-hydrogen) atoms. The fourth-order valence-electron chi connectivity index (χ4n) is 1.44. The molecule has 0 atom stereocenters. The van der Waals surface area contributed by atoms with E-state index in [2.05, 4.69) is 5.32 Å². The molecule has 7 heteroatoms. The molecule has 0 bridgehead atoms. The van der Waals surface area contributed by atoms with Crippen molar-refractivity contribution in [2.45, 2.75) is 31.7 Å². The van der Waals surface area contributed by atoms with Gasteiger partial charge in [-0.3, -0.25) is 4.79 Å². The Morgan fingerprint density at radius 2 is 2.05 bits per heavy atom. The number of ether oxygens (including phenoxy) is 1. The number of aryl methyl sites for hydroxylation is 1. The van der Waals surface area contributed by atoms with Gasteiger partial charge in [-0.25, -0.2) is 8.42 Å². The molecular formula is C12H16ClNO4S. The fraction of sp³-hybridized carbons (Fsp3) is 0.417. The van der Waals surface area contributed by atoms with Crippen LogP contribution in [0.3, 0.4) is 0 Å². The second-order valence-electron chi connectivity index (χ2n) is 4.38. The molecule has 0 aliphatic carbocycles. The van der Waals surface area contributed by atoms with Gasteiger partial charge in [0.1, 0.15) is 5.75 Å². The maximum Gasteiger partial charge on any atom is 0.261 e. The summed E-state index contributed by atoms with van der Waals surface area (Å²) < 4.78 is 27.6. The molecule has 0 aliphatic rings. The molecule has 0 heterocycles. The van der Waals surface area contributed by atoms with Gasteiger partial charge >= 0.3 is 0 Å². The first kappa shape index (κ1) is 15.8. The summed E-state index contributed by atoms with van der Waals surface area (Å²) in [5.74, 6) is 0.214. The van der Waals surface area contributed by atoms with Crippen molar-refractivity contribution < 1.29 is 17.9 Å². The van der Waals surface area contributed by atoms with Crippen LogP contribution in [0.5, 0.6) is 5.75 Å². The van der Waals surface area contributed by atoms with Crippen LogP contribution >= 0.6 is 10.7 Å². The summed E-state index contributed by atoms with van der Waals surface area (Å²) in [5, 5.41) is 2.69. The minimum Gasteiger partial charge on any atom is -0.484 e. The Morgan fingerprint density at radius 1 is 1.42 bits per heavy atom. The monoisotopic (exact) mass is 305 g/mol. The Bertz CT molecular complexity index is 569. The molecule has 106 valence electrons. The first-order valence-electron chi connectivity index (χ1n) is 5.67. The molecule has 0 unspecified atom stereocenters. The summed E-state index contributed by atoms with van der Waals surface area (Å²) in [6.07, 6.45) is 0. The van der Waals surface area contributed by atoms with Crippen LogP contribution in [0.4, 0.5) is 0 Å². The lowest BCUT2D eigenvalue weighted by Crippen LogP contribution is -2.34. The van der Waals surface area contributed by atoms with E-state index in [9.17, 15) is 13.2 Å². The van der Waals surface area contributed by atoms with Crippen molar-refractivity contribution >= 4 is 25.6 Å². The van der Waals surface area contributed by atoms with Gasteiger partial charge in [0.2, 0.25) is 0 Å². The van der Waals surface area contributed by atoms with Gasteiger partial charge in [-0.2, -0.15) is 0 Å². The Hall–Kier alpha value is -1.27. The lowest BCUT2D eigenvalue weighted by molar-refractivity contribution is -0.123. The third-order valence-corrected chi connectivity index (χ3v) is 3.59. The van der Waals surface area contributed by atoms with Crippen LogP contribution in [0.15, 0.2) is 23.1 Å². The summed E-state index contributed by atoms with van der Waals surface area (Å²) in [5.41, 5.74) is 0.596. The predicted octanol–water partition coefficient (Wildman–Crippen LogP) is 1.83. The third-order valence-electron chi connectivity index (χ3n) is 2.24. The zero-order valence-corrected chi connectivity index (χ0v) is 12.5. The summed E-state index contributed by atoms with van der Waals surface area (Å²) >= 11 is 0. The lowest BCUT2D eigenvalue weighted by atomic mass is 10.2. The normalized spacial score (nSPS) is 11.4. The van der Waals surface area contributed by atoms with Gasteiger partial charge < -0.3 is 10.1 Å². The van der Waals surface area contributed by atoms with Gasteiger partial charge in [0.05, 0.1) is 4.90 Å². The number of carbonyl (C=O) groups is 1. The van der Waals surface area contributed by atoms with E-state index >= 15 is 0 Å². The molecule has 0 spiro atoms. The van der Waals surface area contributed by atoms with Crippen molar-refractivity contribution in [1.82, 2.24) is 5.32 Å². The standard InChI is InChI=1S/C12H16ClNO4S/c1-8(2)14-12(15)7-18-11-5-4-10(6-9(11)3)19(13,16)17/h4-6,8H,7H2,1-3H3,(H,14,15). The number of hydrogen-bond donors (Lipinski definition) is 1. The second kappa shape index (κ2) is 6.25. The van der Waals surface area contributed by atoms with Crippen LogP contribution in [0, 0.1) is 6.92 Å². The van der Waals surface area contributed by atoms with Crippen molar-refractivity contribution in [2.24, 2.45) is 0 Å². The lowest BCUT2D eigenvalue weighted by Gasteiger charge is -2.11. The Kier molecular flexibility index (Phi) is 5.20. The molecule has 5 nitrogen and oxygen atoms in total. The van der Waals surface area contributed by atoms with E-state index in [0.29, 0.717) is 11.3 Å². The van der Waals surface area contributed by atoms with Crippen LogP contribution in [0.2, 0.25) is 0 Å². The van der Waals surface area contributed by atoms with Crippen LogP contribution < -0.4 is 10.1 Å². The van der Waals surface area contributed by atoms with Crippen molar-refractivity contribution in [3.05, 3.63) is 23.8 Å². The molecule has 1 amide bonds. The first-order valence-corrected chi connectivity index (χ1v) is 7.98. The number of nitrogens with one attached hydrogen (secondary N) is 1. The maximum absolute atomic E-state index is 11.4. The SMILES string of the molecule is Cc1cc(S(=O)(=O)Cl)ccc1OCC(=O)NC(C)C. The average molecular weight is 306 g/mol. The molecule has 0 fully saturated rings. The minimum absolute atomic E-state index is 0.00523. The topological polar surface area (TPSA) is 72.5 Å². The van der Waals surface area contributed by atoms with Crippen molar-refractivity contribution in [3.63, 3.8) is 0 Å². The number of amides is 1. The van der Waals surface area contributed by atoms with E-state index in [4.69, 9.17) is 15.4 Å². The predicted molar refractivity (Wildman–Crippen MR) is 73.0 cm³/mol. The van der Waals surface area contributed by atoms with Crippen molar-refractivity contribution in [1.29, 1.82) is 0 Å². The molecule has 0 aliphatic heterocycles. The highest BCUT2D eigenvalue weighted by Gasteiger charge is 2.12. The van der Waals surface area contributed by atoms with Gasteiger partial charge in [0, 0.05) is 16.7 Å². The van der Waals surface area contributed by atoms with E-state index in [1.54, 1.807) is 6.92 Å². The molecule has 1 aromatic rings. The van der Waals surface area contributed by atoms with E-state index in [0.717, 1.165) is 0 Å². The quantitative estimate of drug-likeness (QED) is 0.842. The Balaban J connectivity index is 2.74. The summed E-state index contributed by atoms with van der Waals surface area (Å²) in [6, 6.07) is 4.26. The van der Waals surface area contributed by atoms with E-state index in [-0.39, 0.29) is 23.5 Å². The van der Waals surface area contributed by atoms with Crippen LogP contribution in [-0.4, -0.2) is 27.0 Å². The molecule has 0 aromatic heterocycles. The third kappa shape index (κ3) is 5.08. The molecule has 0 saturated heterocycles. The molecule has 1 N–H and O–H groups in total. The number of benzene rings is 1. The highest BCUT2D eigenvalue weighted by Crippen LogP contribution is 2.23.